The van der Waals surface area contributed by atoms with Gasteiger partial charge in [-0.25, -0.2) is 4.39 Å². The van der Waals surface area contributed by atoms with E-state index < -0.39 is 24.1 Å². The maximum Gasteiger partial charge on any atom is 0.198 e. The Balaban J connectivity index is 2.62. The minimum absolute atomic E-state index is 0.0730. The van der Waals surface area contributed by atoms with Crippen LogP contribution in [0.15, 0.2) is 0 Å². The number of carbonyl (C=O) groups is 1. The lowest BCUT2D eigenvalue weighted by molar-refractivity contribution is -0.124. The largest absolute Gasteiger partial charge is 0.371 e. The average molecular weight is 145 g/mol. The van der Waals surface area contributed by atoms with Gasteiger partial charge in [0.25, 0.3) is 0 Å². The van der Waals surface area contributed by atoms with E-state index in [1.807, 2.05) is 0 Å². The van der Waals surface area contributed by atoms with E-state index in [-0.39, 0.29) is 6.54 Å². The van der Waals surface area contributed by atoms with Gasteiger partial charge in [-0.2, -0.15) is 0 Å². The van der Waals surface area contributed by atoms with E-state index >= 15 is 0 Å². The van der Waals surface area contributed by atoms with Crippen LogP contribution >= 0.6 is 0 Å². The number of hydrogen-bond donors (Lipinski definition) is 1. The summed E-state index contributed by atoms with van der Waals surface area (Å²) in [4.78, 5) is 10.8. The molecule has 1 aliphatic heterocycles. The molecule has 3 nitrogen and oxygen atoms in total. The summed E-state index contributed by atoms with van der Waals surface area (Å²) in [7, 11) is 1.53. The summed E-state index contributed by atoms with van der Waals surface area (Å²) >= 11 is 0. The van der Waals surface area contributed by atoms with Crippen LogP contribution in [0.3, 0.4) is 0 Å². The summed E-state index contributed by atoms with van der Waals surface area (Å²) in [5.74, 6) is -0.519. The number of halogens is 1. The van der Waals surface area contributed by atoms with Gasteiger partial charge in [0.2, 0.25) is 0 Å². The van der Waals surface area contributed by atoms with Crippen molar-refractivity contribution >= 4 is 13.6 Å². The highest BCUT2D eigenvalue weighted by Crippen LogP contribution is 2.16. The van der Waals surface area contributed by atoms with Crippen LogP contribution in [0.4, 0.5) is 4.39 Å². The lowest BCUT2D eigenvalue weighted by Gasteiger charge is -2.03. The Bertz CT molecular complexity index is 155. The van der Waals surface area contributed by atoms with E-state index in [0.717, 1.165) is 0 Å². The fraction of sp³-hybridized carbons (Fsp3) is 0.800. The third-order valence-corrected chi connectivity index (χ3v) is 1.59. The zero-order valence-corrected chi connectivity index (χ0v) is 5.71. The summed E-state index contributed by atoms with van der Waals surface area (Å²) in [5.41, 5.74) is 5.14. The topological polar surface area (TPSA) is 52.3 Å². The third-order valence-electron chi connectivity index (χ3n) is 1.59. The second kappa shape index (κ2) is 2.68. The molecule has 5 heteroatoms. The van der Waals surface area contributed by atoms with Gasteiger partial charge >= 0.3 is 0 Å². The van der Waals surface area contributed by atoms with E-state index in [0.29, 0.717) is 0 Å². The van der Waals surface area contributed by atoms with E-state index in [4.69, 9.17) is 10.5 Å². The number of carbonyl (C=O) groups excluding carboxylic acids is 1. The van der Waals surface area contributed by atoms with Gasteiger partial charge in [0, 0.05) is 6.54 Å². The average Bonchev–Trinajstić information content (AvgIpc) is 2.17. The number of nitrogens with two attached hydrogens (primary N) is 1. The van der Waals surface area contributed by atoms with Crippen molar-refractivity contribution in [1.82, 2.24) is 0 Å². The Hall–Kier alpha value is -0.415. The fourth-order valence-electron chi connectivity index (χ4n) is 0.976. The van der Waals surface area contributed by atoms with Gasteiger partial charge in [-0.1, -0.05) is 0 Å². The first kappa shape index (κ1) is 7.69. The summed E-state index contributed by atoms with van der Waals surface area (Å²) < 4.78 is 17.5. The SMILES string of the molecule is B[C@@H]1O[C@H](CN)C(=O)C1F. The molecule has 56 valence electrons. The number of rotatable bonds is 1. The molecule has 1 unspecified atom stereocenters. The van der Waals surface area contributed by atoms with Crippen molar-refractivity contribution in [3.8, 4) is 0 Å². The lowest BCUT2D eigenvalue weighted by atomic mass is 9.95. The van der Waals surface area contributed by atoms with Crippen LogP contribution in [0.25, 0.3) is 0 Å². The number of alkyl halides is 1. The van der Waals surface area contributed by atoms with Crippen molar-refractivity contribution in [3.63, 3.8) is 0 Å². The van der Waals surface area contributed by atoms with Crippen LogP contribution in [-0.2, 0) is 9.53 Å². The molecule has 10 heavy (non-hydrogen) atoms. The summed E-state index contributed by atoms with van der Waals surface area (Å²) in [6.07, 6.45) is -2.20. The molecule has 0 aromatic rings. The summed E-state index contributed by atoms with van der Waals surface area (Å²) in [6.45, 7) is 0.0730. The second-order valence-corrected chi connectivity index (χ2v) is 2.37. The number of ketones is 1. The van der Waals surface area contributed by atoms with Gasteiger partial charge < -0.3 is 10.5 Å². The van der Waals surface area contributed by atoms with Crippen molar-refractivity contribution in [1.29, 1.82) is 0 Å². The van der Waals surface area contributed by atoms with Gasteiger partial charge in [0.15, 0.2) is 12.0 Å². The van der Waals surface area contributed by atoms with Gasteiger partial charge in [-0.15, -0.1) is 0 Å². The van der Waals surface area contributed by atoms with Gasteiger partial charge in [0.1, 0.15) is 14.0 Å². The highest BCUT2D eigenvalue weighted by Gasteiger charge is 2.39. The molecule has 1 heterocycles. The van der Waals surface area contributed by atoms with Crippen molar-refractivity contribution in [2.45, 2.75) is 18.3 Å². The minimum atomic E-state index is -1.48. The van der Waals surface area contributed by atoms with Gasteiger partial charge in [0.05, 0.1) is 6.00 Å². The van der Waals surface area contributed by atoms with Crippen LogP contribution in [0, 0.1) is 0 Å². The predicted molar refractivity (Wildman–Crippen MR) is 36.2 cm³/mol. The normalized spacial score (nSPS) is 40.6. The Kier molecular flexibility index (Phi) is 2.06. The molecule has 0 spiro atoms. The monoisotopic (exact) mass is 145 g/mol. The first-order valence-electron chi connectivity index (χ1n) is 3.20. The van der Waals surface area contributed by atoms with Crippen LogP contribution < -0.4 is 5.73 Å². The zero-order valence-electron chi connectivity index (χ0n) is 5.71. The molecule has 0 aromatic carbocycles. The van der Waals surface area contributed by atoms with Crippen molar-refractivity contribution in [3.05, 3.63) is 0 Å². The van der Waals surface area contributed by atoms with Crippen molar-refractivity contribution in [2.24, 2.45) is 5.73 Å². The highest BCUT2D eigenvalue weighted by atomic mass is 19.1. The van der Waals surface area contributed by atoms with Crippen molar-refractivity contribution < 1.29 is 13.9 Å². The molecule has 0 aliphatic carbocycles. The minimum Gasteiger partial charge on any atom is -0.371 e. The van der Waals surface area contributed by atoms with Gasteiger partial charge in [-0.05, 0) is 0 Å². The molecule has 0 radical (unpaired) electrons. The maximum absolute atomic E-state index is 12.6. The van der Waals surface area contributed by atoms with Crippen molar-refractivity contribution in [2.75, 3.05) is 6.54 Å². The molecule has 0 saturated carbocycles. The summed E-state index contributed by atoms with van der Waals surface area (Å²) in [6, 6.07) is -0.624. The molecular weight excluding hydrogens is 136 g/mol. The first-order chi connectivity index (χ1) is 4.66. The van der Waals surface area contributed by atoms with Crippen LogP contribution in [0.5, 0.6) is 0 Å². The quantitative estimate of drug-likeness (QED) is 0.443. The Morgan fingerprint density at radius 3 is 2.60 bits per heavy atom. The third kappa shape index (κ3) is 1.06. The molecule has 1 saturated heterocycles. The molecule has 0 bridgehead atoms. The second-order valence-electron chi connectivity index (χ2n) is 2.37. The number of ether oxygens (including phenoxy) is 1. The molecule has 1 aliphatic rings. The molecule has 3 atom stereocenters. The molecule has 0 amide bonds. The van der Waals surface area contributed by atoms with E-state index in [2.05, 4.69) is 0 Å². The lowest BCUT2D eigenvalue weighted by Crippen LogP contribution is -2.28. The molecular formula is C5H9BFNO2. The number of hydrogen-bond acceptors (Lipinski definition) is 3. The number of Topliss-reactive ketones (excluding diaryl/α,β-unsaturated/α-hetero) is 1. The molecule has 1 rings (SSSR count). The van der Waals surface area contributed by atoms with E-state index in [9.17, 15) is 9.18 Å². The van der Waals surface area contributed by atoms with Gasteiger partial charge in [-0.3, -0.25) is 4.79 Å². The zero-order chi connectivity index (χ0) is 7.72. The molecule has 2 N–H and O–H groups in total. The highest BCUT2D eigenvalue weighted by molar-refractivity contribution is 6.15. The Morgan fingerprint density at radius 1 is 1.80 bits per heavy atom. The standard InChI is InChI=1S/C5H9BFNO2/c6-5-3(7)4(9)2(1-8)10-5/h2-3,5H,1,6,8H2/t2-,3?,5-/m1/s1. The Morgan fingerprint density at radius 2 is 2.40 bits per heavy atom. The molecule has 0 aromatic heterocycles. The first-order valence-corrected chi connectivity index (χ1v) is 3.20. The predicted octanol–water partition coefficient (Wildman–Crippen LogP) is -1.79. The van der Waals surface area contributed by atoms with E-state index in [1.165, 1.54) is 7.85 Å². The fourth-order valence-corrected chi connectivity index (χ4v) is 0.976. The molecule has 1 fully saturated rings. The Labute approximate surface area is 59.1 Å². The van der Waals surface area contributed by atoms with Crippen LogP contribution in [-0.4, -0.2) is 38.5 Å². The maximum atomic E-state index is 12.6. The van der Waals surface area contributed by atoms with Crippen LogP contribution in [0.1, 0.15) is 0 Å². The van der Waals surface area contributed by atoms with E-state index in [1.54, 1.807) is 0 Å². The smallest absolute Gasteiger partial charge is 0.198 e. The van der Waals surface area contributed by atoms with Crippen LogP contribution in [0.2, 0.25) is 0 Å². The summed E-state index contributed by atoms with van der Waals surface area (Å²) in [5, 5.41) is 0.